The standard InChI is InChI=1S/C26H28N8O/c1-17(2)26(35)31-22-6-8-33(9-7-22)24-5-4-18(12-28-24)23-10-19(21-14-29-32(3)15-21)16-34-25(23)20(11-27)13-30-34/h4-5,10,12-17,22H,6-9H2,1-3H3,(H,31,35)/p+1. The van der Waals surface area contributed by atoms with E-state index in [-0.39, 0.29) is 17.9 Å². The van der Waals surface area contributed by atoms with Gasteiger partial charge in [-0.25, -0.2) is 9.50 Å². The van der Waals surface area contributed by atoms with Crippen molar-refractivity contribution in [2.45, 2.75) is 32.7 Å². The molecule has 9 nitrogen and oxygen atoms in total. The SMILES string of the molecule is CC(C)C(=O)NC1CCN(c2ccc(-c3cc(-c4c[nH][n+](C)c4)cn4ncc(C#N)c34)cn2)CC1. The lowest BCUT2D eigenvalue weighted by molar-refractivity contribution is -0.726. The van der Waals surface area contributed by atoms with Gasteiger partial charge in [0.2, 0.25) is 12.1 Å². The molecule has 0 aliphatic carbocycles. The van der Waals surface area contributed by atoms with E-state index in [2.05, 4.69) is 38.6 Å². The number of hydrogen-bond donors (Lipinski definition) is 2. The number of amides is 1. The number of anilines is 1. The zero-order valence-corrected chi connectivity index (χ0v) is 20.2. The van der Waals surface area contributed by atoms with Gasteiger partial charge in [0.15, 0.2) is 7.05 Å². The Morgan fingerprint density at radius 3 is 2.66 bits per heavy atom. The van der Waals surface area contributed by atoms with Crippen LogP contribution in [0.1, 0.15) is 32.3 Å². The fraction of sp³-hybridized carbons (Fsp3) is 0.346. The second-order valence-corrected chi connectivity index (χ2v) is 9.40. The Kier molecular flexibility index (Phi) is 5.95. The molecule has 35 heavy (non-hydrogen) atoms. The summed E-state index contributed by atoms with van der Waals surface area (Å²) in [6.07, 6.45) is 11.2. The second-order valence-electron chi connectivity index (χ2n) is 9.40. The average molecular weight is 470 g/mol. The highest BCUT2D eigenvalue weighted by Gasteiger charge is 2.23. The van der Waals surface area contributed by atoms with E-state index in [4.69, 9.17) is 4.98 Å². The summed E-state index contributed by atoms with van der Waals surface area (Å²) in [6.45, 7) is 5.53. The van der Waals surface area contributed by atoms with E-state index >= 15 is 0 Å². The van der Waals surface area contributed by atoms with Crippen LogP contribution in [0.2, 0.25) is 0 Å². The highest BCUT2D eigenvalue weighted by atomic mass is 16.1. The molecule has 0 spiro atoms. The number of hydrogen-bond acceptors (Lipinski definition) is 5. The van der Waals surface area contributed by atoms with E-state index in [9.17, 15) is 10.1 Å². The van der Waals surface area contributed by atoms with Gasteiger partial charge in [0.25, 0.3) is 0 Å². The predicted molar refractivity (Wildman–Crippen MR) is 132 cm³/mol. The number of aromatic amines is 1. The number of piperidine rings is 1. The minimum Gasteiger partial charge on any atom is -0.356 e. The molecule has 0 bridgehead atoms. The van der Waals surface area contributed by atoms with Crippen LogP contribution in [0.3, 0.4) is 0 Å². The summed E-state index contributed by atoms with van der Waals surface area (Å²) >= 11 is 0. The van der Waals surface area contributed by atoms with Crippen molar-refractivity contribution in [3.8, 4) is 28.3 Å². The minimum absolute atomic E-state index is 0.00423. The number of nitrogens with one attached hydrogen (secondary N) is 2. The number of aromatic nitrogens is 5. The van der Waals surface area contributed by atoms with Crippen LogP contribution in [-0.4, -0.2) is 44.7 Å². The van der Waals surface area contributed by atoms with Crippen LogP contribution in [0, 0.1) is 17.2 Å². The Labute approximate surface area is 204 Å². The molecular formula is C26H29N8O+. The van der Waals surface area contributed by atoms with E-state index in [1.807, 2.05) is 56.4 Å². The quantitative estimate of drug-likeness (QED) is 0.437. The molecule has 4 aromatic heterocycles. The molecule has 4 aromatic rings. The summed E-state index contributed by atoms with van der Waals surface area (Å²) in [7, 11) is 1.94. The van der Waals surface area contributed by atoms with Crippen LogP contribution in [0.5, 0.6) is 0 Å². The number of fused-ring (bicyclic) bond motifs is 1. The number of aryl methyl sites for hydroxylation is 1. The molecule has 5 rings (SSSR count). The minimum atomic E-state index is 0.00423. The molecule has 178 valence electrons. The molecule has 0 aromatic carbocycles. The van der Waals surface area contributed by atoms with Gasteiger partial charge in [0.1, 0.15) is 11.9 Å². The van der Waals surface area contributed by atoms with Crippen molar-refractivity contribution in [3.05, 3.63) is 54.7 Å². The Bertz CT molecular complexity index is 1400. The molecule has 1 aliphatic heterocycles. The third-order valence-corrected chi connectivity index (χ3v) is 6.57. The normalized spacial score (nSPS) is 14.4. The molecule has 5 heterocycles. The number of pyridine rings is 2. The zero-order chi connectivity index (χ0) is 24.5. The van der Waals surface area contributed by atoms with Crippen molar-refractivity contribution in [3.63, 3.8) is 0 Å². The Balaban J connectivity index is 1.41. The van der Waals surface area contributed by atoms with Gasteiger partial charge >= 0.3 is 0 Å². The summed E-state index contributed by atoms with van der Waals surface area (Å²) in [6, 6.07) is 8.65. The fourth-order valence-electron chi connectivity index (χ4n) is 4.55. The third-order valence-electron chi connectivity index (χ3n) is 6.57. The molecule has 0 saturated carbocycles. The first-order valence-electron chi connectivity index (χ1n) is 11.9. The van der Waals surface area contributed by atoms with Crippen LogP contribution in [0.15, 0.2) is 49.2 Å². The molecule has 1 saturated heterocycles. The zero-order valence-electron chi connectivity index (χ0n) is 20.2. The van der Waals surface area contributed by atoms with Gasteiger partial charge in [0.05, 0.1) is 29.0 Å². The number of carbonyl (C=O) groups excluding carboxylic acids is 1. The van der Waals surface area contributed by atoms with E-state index in [1.165, 1.54) is 0 Å². The van der Waals surface area contributed by atoms with Gasteiger partial charge in [-0.2, -0.15) is 15.5 Å². The van der Waals surface area contributed by atoms with Crippen LogP contribution in [-0.2, 0) is 11.8 Å². The van der Waals surface area contributed by atoms with Gasteiger partial charge in [-0.3, -0.25) is 4.79 Å². The maximum absolute atomic E-state index is 12.0. The molecule has 1 aliphatic rings. The topological polar surface area (TPSA) is 106 Å². The number of nitrogens with zero attached hydrogens (tertiary/aromatic N) is 6. The van der Waals surface area contributed by atoms with Gasteiger partial charge in [-0.15, -0.1) is 4.68 Å². The fourth-order valence-corrected chi connectivity index (χ4v) is 4.55. The van der Waals surface area contributed by atoms with Crippen LogP contribution < -0.4 is 14.9 Å². The average Bonchev–Trinajstić information content (AvgIpc) is 3.50. The molecule has 9 heteroatoms. The molecule has 2 N–H and O–H groups in total. The predicted octanol–water partition coefficient (Wildman–Crippen LogP) is 2.83. The molecule has 0 atom stereocenters. The summed E-state index contributed by atoms with van der Waals surface area (Å²) in [5.74, 6) is 1.04. The lowest BCUT2D eigenvalue weighted by Gasteiger charge is -2.33. The molecule has 1 fully saturated rings. The van der Waals surface area contributed by atoms with Crippen molar-refractivity contribution < 1.29 is 9.48 Å². The highest BCUT2D eigenvalue weighted by Crippen LogP contribution is 2.32. The molecular weight excluding hydrogens is 440 g/mol. The van der Waals surface area contributed by atoms with Gasteiger partial charge in [-0.1, -0.05) is 13.8 Å². The second kappa shape index (κ2) is 9.22. The molecule has 1 amide bonds. The molecule has 0 unspecified atom stereocenters. The number of H-pyrrole nitrogens is 1. The first kappa shape index (κ1) is 22.6. The van der Waals surface area contributed by atoms with Crippen LogP contribution in [0.25, 0.3) is 27.8 Å². The number of rotatable bonds is 5. The van der Waals surface area contributed by atoms with Gasteiger partial charge in [-0.05, 0) is 31.0 Å². The monoisotopic (exact) mass is 469 g/mol. The summed E-state index contributed by atoms with van der Waals surface area (Å²) < 4.78 is 3.65. The summed E-state index contributed by atoms with van der Waals surface area (Å²) in [5.41, 5.74) is 5.16. The van der Waals surface area contributed by atoms with Crippen molar-refractivity contribution in [1.82, 2.24) is 25.0 Å². The number of nitriles is 1. The van der Waals surface area contributed by atoms with Crippen molar-refractivity contribution >= 4 is 17.2 Å². The van der Waals surface area contributed by atoms with E-state index in [0.717, 1.165) is 59.5 Å². The van der Waals surface area contributed by atoms with Crippen LogP contribution in [0.4, 0.5) is 5.82 Å². The van der Waals surface area contributed by atoms with Crippen molar-refractivity contribution in [1.29, 1.82) is 5.26 Å². The smallest absolute Gasteiger partial charge is 0.222 e. The third kappa shape index (κ3) is 4.47. The lowest BCUT2D eigenvalue weighted by Crippen LogP contribution is -2.46. The Morgan fingerprint density at radius 1 is 1.23 bits per heavy atom. The maximum atomic E-state index is 12.0. The first-order chi connectivity index (χ1) is 16.9. The Hall–Kier alpha value is -4.19. The van der Waals surface area contributed by atoms with Gasteiger partial charge in [0, 0.05) is 54.1 Å². The molecule has 0 radical (unpaired) electrons. The summed E-state index contributed by atoms with van der Waals surface area (Å²) in [4.78, 5) is 19.0. The largest absolute Gasteiger partial charge is 0.356 e. The number of carbonyl (C=O) groups is 1. The van der Waals surface area contributed by atoms with Gasteiger partial charge < -0.3 is 10.2 Å². The lowest BCUT2D eigenvalue weighted by atomic mass is 10.0. The Morgan fingerprint density at radius 2 is 2.03 bits per heavy atom. The van der Waals surface area contributed by atoms with Crippen molar-refractivity contribution in [2.24, 2.45) is 13.0 Å². The highest BCUT2D eigenvalue weighted by molar-refractivity contribution is 5.87. The van der Waals surface area contributed by atoms with Crippen LogP contribution >= 0.6 is 0 Å². The van der Waals surface area contributed by atoms with E-state index < -0.39 is 0 Å². The maximum Gasteiger partial charge on any atom is 0.222 e. The summed E-state index contributed by atoms with van der Waals surface area (Å²) in [5, 5.41) is 20.4. The van der Waals surface area contributed by atoms with E-state index in [1.54, 1.807) is 10.7 Å². The van der Waals surface area contributed by atoms with E-state index in [0.29, 0.717) is 5.56 Å². The first-order valence-corrected chi connectivity index (χ1v) is 11.9. The van der Waals surface area contributed by atoms with Crippen molar-refractivity contribution in [2.75, 3.05) is 18.0 Å².